The van der Waals surface area contributed by atoms with Gasteiger partial charge in [-0.3, -0.25) is 0 Å². The van der Waals surface area contributed by atoms with Gasteiger partial charge in [-0.15, -0.1) is 0 Å². The lowest BCUT2D eigenvalue weighted by Gasteiger charge is -2.17. The molecule has 0 fully saturated rings. The SMILES string of the molecule is CCCCC(CC)COc1c(F)cccc1CN. The normalized spacial score (nSPS) is 12.4. The molecule has 1 aromatic rings. The topological polar surface area (TPSA) is 35.2 Å². The molecular weight excluding hydrogens is 229 g/mol. The Balaban J connectivity index is 2.61. The van der Waals surface area contributed by atoms with E-state index in [1.807, 2.05) is 6.07 Å². The number of halogens is 1. The molecule has 0 radical (unpaired) electrons. The van der Waals surface area contributed by atoms with E-state index in [1.165, 1.54) is 18.9 Å². The maximum Gasteiger partial charge on any atom is 0.165 e. The fraction of sp³-hybridized carbons (Fsp3) is 0.600. The van der Waals surface area contributed by atoms with Crippen LogP contribution in [0.1, 0.15) is 45.1 Å². The van der Waals surface area contributed by atoms with Crippen molar-refractivity contribution in [1.29, 1.82) is 0 Å². The molecule has 0 spiro atoms. The Hall–Kier alpha value is -1.09. The largest absolute Gasteiger partial charge is 0.490 e. The van der Waals surface area contributed by atoms with Crippen molar-refractivity contribution in [1.82, 2.24) is 0 Å². The van der Waals surface area contributed by atoms with Crippen molar-refractivity contribution in [3.05, 3.63) is 29.6 Å². The van der Waals surface area contributed by atoms with Crippen LogP contribution in [0.5, 0.6) is 5.75 Å². The van der Waals surface area contributed by atoms with Crippen LogP contribution in [0.25, 0.3) is 0 Å². The van der Waals surface area contributed by atoms with Gasteiger partial charge in [0.05, 0.1) is 6.61 Å². The van der Waals surface area contributed by atoms with Gasteiger partial charge in [-0.25, -0.2) is 4.39 Å². The fourth-order valence-electron chi connectivity index (χ4n) is 1.98. The van der Waals surface area contributed by atoms with Crippen molar-refractivity contribution >= 4 is 0 Å². The van der Waals surface area contributed by atoms with Crippen molar-refractivity contribution in [2.45, 2.75) is 46.1 Å². The maximum absolute atomic E-state index is 13.7. The van der Waals surface area contributed by atoms with Gasteiger partial charge in [-0.1, -0.05) is 45.2 Å². The second-order valence-corrected chi connectivity index (χ2v) is 4.66. The van der Waals surface area contributed by atoms with Crippen molar-refractivity contribution < 1.29 is 9.13 Å². The van der Waals surface area contributed by atoms with E-state index >= 15 is 0 Å². The Morgan fingerprint density at radius 1 is 1.33 bits per heavy atom. The highest BCUT2D eigenvalue weighted by Gasteiger charge is 2.12. The van der Waals surface area contributed by atoms with Crippen molar-refractivity contribution in [3.8, 4) is 5.75 Å². The molecule has 18 heavy (non-hydrogen) atoms. The predicted octanol–water partition coefficient (Wildman–Crippen LogP) is 3.88. The van der Waals surface area contributed by atoms with Crippen LogP contribution < -0.4 is 10.5 Å². The second kappa shape index (κ2) is 8.09. The molecule has 0 aliphatic rings. The molecular formula is C15H24FNO. The monoisotopic (exact) mass is 253 g/mol. The van der Waals surface area contributed by atoms with E-state index in [0.717, 1.165) is 18.4 Å². The molecule has 0 aromatic heterocycles. The van der Waals surface area contributed by atoms with E-state index in [2.05, 4.69) is 13.8 Å². The standard InChI is InChI=1S/C15H24FNO/c1-3-5-7-12(4-2)11-18-15-13(10-17)8-6-9-14(15)16/h6,8-9,12H,3-5,7,10-11,17H2,1-2H3. The molecule has 1 rings (SSSR count). The summed E-state index contributed by atoms with van der Waals surface area (Å²) in [5.74, 6) is 0.508. The van der Waals surface area contributed by atoms with E-state index < -0.39 is 0 Å². The first-order valence-electron chi connectivity index (χ1n) is 6.83. The summed E-state index contributed by atoms with van der Waals surface area (Å²) < 4.78 is 19.3. The van der Waals surface area contributed by atoms with Crippen LogP contribution >= 0.6 is 0 Å². The number of benzene rings is 1. The first-order chi connectivity index (χ1) is 8.72. The molecule has 0 bridgehead atoms. The van der Waals surface area contributed by atoms with E-state index in [4.69, 9.17) is 10.5 Å². The summed E-state index contributed by atoms with van der Waals surface area (Å²) in [5, 5.41) is 0. The van der Waals surface area contributed by atoms with E-state index in [9.17, 15) is 4.39 Å². The lowest BCUT2D eigenvalue weighted by molar-refractivity contribution is 0.223. The Morgan fingerprint density at radius 2 is 2.11 bits per heavy atom. The zero-order valence-electron chi connectivity index (χ0n) is 11.4. The summed E-state index contributed by atoms with van der Waals surface area (Å²) in [7, 11) is 0. The molecule has 0 aliphatic carbocycles. The van der Waals surface area contributed by atoms with Crippen LogP contribution in [0.3, 0.4) is 0 Å². The van der Waals surface area contributed by atoms with Gasteiger partial charge in [0, 0.05) is 12.1 Å². The van der Waals surface area contributed by atoms with E-state index in [1.54, 1.807) is 6.07 Å². The van der Waals surface area contributed by atoms with Crippen molar-refractivity contribution in [3.63, 3.8) is 0 Å². The number of para-hydroxylation sites is 1. The number of ether oxygens (including phenoxy) is 1. The molecule has 0 heterocycles. The molecule has 0 aliphatic heterocycles. The molecule has 0 saturated carbocycles. The first kappa shape index (κ1) is 15.0. The third-order valence-corrected chi connectivity index (χ3v) is 3.28. The smallest absolute Gasteiger partial charge is 0.165 e. The third kappa shape index (κ3) is 4.30. The average Bonchev–Trinajstić information content (AvgIpc) is 2.40. The molecule has 1 aromatic carbocycles. The van der Waals surface area contributed by atoms with Gasteiger partial charge in [-0.2, -0.15) is 0 Å². The highest BCUT2D eigenvalue weighted by molar-refractivity contribution is 5.34. The summed E-state index contributed by atoms with van der Waals surface area (Å²) in [6.07, 6.45) is 4.58. The summed E-state index contributed by atoms with van der Waals surface area (Å²) in [6.45, 7) is 5.20. The highest BCUT2D eigenvalue weighted by atomic mass is 19.1. The van der Waals surface area contributed by atoms with Gasteiger partial charge >= 0.3 is 0 Å². The van der Waals surface area contributed by atoms with E-state index in [-0.39, 0.29) is 5.82 Å². The zero-order valence-corrected chi connectivity index (χ0v) is 11.4. The highest BCUT2D eigenvalue weighted by Crippen LogP contribution is 2.24. The lowest BCUT2D eigenvalue weighted by Crippen LogP contribution is -2.13. The van der Waals surface area contributed by atoms with Crippen LogP contribution in [0.2, 0.25) is 0 Å². The molecule has 1 unspecified atom stereocenters. The minimum absolute atomic E-state index is 0.304. The summed E-state index contributed by atoms with van der Waals surface area (Å²) in [6, 6.07) is 4.89. The van der Waals surface area contributed by atoms with Gasteiger partial charge in [0.25, 0.3) is 0 Å². The number of hydrogen-bond acceptors (Lipinski definition) is 2. The third-order valence-electron chi connectivity index (χ3n) is 3.28. The lowest BCUT2D eigenvalue weighted by atomic mass is 10.0. The Kier molecular flexibility index (Phi) is 6.73. The number of hydrogen-bond donors (Lipinski definition) is 1. The Labute approximate surface area is 109 Å². The maximum atomic E-state index is 13.7. The van der Waals surface area contributed by atoms with Gasteiger partial charge in [-0.05, 0) is 18.4 Å². The van der Waals surface area contributed by atoms with Gasteiger partial charge in [0.15, 0.2) is 11.6 Å². The summed E-state index contributed by atoms with van der Waals surface area (Å²) in [5.41, 5.74) is 6.33. The average molecular weight is 253 g/mol. The van der Waals surface area contributed by atoms with Crippen LogP contribution in [-0.2, 0) is 6.54 Å². The van der Waals surface area contributed by atoms with Gasteiger partial charge < -0.3 is 10.5 Å². The Bertz CT molecular complexity index is 354. The predicted molar refractivity (Wildman–Crippen MR) is 73.1 cm³/mol. The molecule has 1 atom stereocenters. The summed E-state index contributed by atoms with van der Waals surface area (Å²) >= 11 is 0. The number of rotatable bonds is 8. The Morgan fingerprint density at radius 3 is 2.72 bits per heavy atom. The van der Waals surface area contributed by atoms with Gasteiger partial charge in [0.2, 0.25) is 0 Å². The van der Waals surface area contributed by atoms with Crippen LogP contribution in [0, 0.1) is 11.7 Å². The minimum Gasteiger partial charge on any atom is -0.490 e. The second-order valence-electron chi connectivity index (χ2n) is 4.66. The molecule has 2 nitrogen and oxygen atoms in total. The van der Waals surface area contributed by atoms with Crippen LogP contribution in [0.4, 0.5) is 4.39 Å². The van der Waals surface area contributed by atoms with Crippen molar-refractivity contribution in [2.24, 2.45) is 11.7 Å². The van der Waals surface area contributed by atoms with Crippen molar-refractivity contribution in [2.75, 3.05) is 6.61 Å². The zero-order chi connectivity index (χ0) is 13.4. The fourth-order valence-corrected chi connectivity index (χ4v) is 1.98. The minimum atomic E-state index is -0.316. The number of nitrogens with two attached hydrogens (primary N) is 1. The molecule has 2 N–H and O–H groups in total. The molecule has 102 valence electrons. The first-order valence-corrected chi connectivity index (χ1v) is 6.83. The molecule has 3 heteroatoms. The number of unbranched alkanes of at least 4 members (excludes halogenated alkanes) is 1. The van der Waals surface area contributed by atoms with Gasteiger partial charge in [0.1, 0.15) is 0 Å². The molecule has 0 amide bonds. The molecule has 0 saturated heterocycles. The summed E-state index contributed by atoms with van der Waals surface area (Å²) in [4.78, 5) is 0. The van der Waals surface area contributed by atoms with E-state index in [0.29, 0.717) is 24.8 Å². The quantitative estimate of drug-likeness (QED) is 0.763. The van der Waals surface area contributed by atoms with Crippen LogP contribution in [0.15, 0.2) is 18.2 Å². The van der Waals surface area contributed by atoms with Crippen LogP contribution in [-0.4, -0.2) is 6.61 Å².